The molecule has 1 aliphatic carbocycles. The van der Waals surface area contributed by atoms with Crippen molar-refractivity contribution >= 4 is 15.8 Å². The minimum atomic E-state index is -3.19. The Kier molecular flexibility index (Phi) is 5.40. The quantitative estimate of drug-likeness (QED) is 0.842. The van der Waals surface area contributed by atoms with Crippen molar-refractivity contribution < 1.29 is 8.42 Å². The lowest BCUT2D eigenvalue weighted by Gasteiger charge is -2.27. The van der Waals surface area contributed by atoms with Gasteiger partial charge in [-0.2, -0.15) is 0 Å². The maximum Gasteiger partial charge on any atom is 0.217 e. The first-order valence-corrected chi connectivity index (χ1v) is 11.7. The number of sulfonamides is 1. The van der Waals surface area contributed by atoms with Crippen molar-refractivity contribution in [2.45, 2.75) is 62.7 Å². The average Bonchev–Trinajstić information content (AvgIpc) is 3.19. The fourth-order valence-corrected chi connectivity index (χ4v) is 6.80. The second kappa shape index (κ2) is 7.64. The normalized spacial score (nSPS) is 25.5. The molecule has 2 aliphatic heterocycles. The summed E-state index contributed by atoms with van der Waals surface area (Å²) in [5, 5.41) is 3.04. The van der Waals surface area contributed by atoms with E-state index in [1.165, 1.54) is 12.0 Å². The summed E-state index contributed by atoms with van der Waals surface area (Å²) in [6.07, 6.45) is 6.61. The first kappa shape index (κ1) is 19.1. The first-order valence-electron chi connectivity index (χ1n) is 10.2. The van der Waals surface area contributed by atoms with Gasteiger partial charge >= 0.3 is 0 Å². The third kappa shape index (κ3) is 3.71. The van der Waals surface area contributed by atoms with Crippen LogP contribution in [0, 0.1) is 0 Å². The molecule has 1 aromatic heterocycles. The predicted molar refractivity (Wildman–Crippen MR) is 106 cm³/mol. The van der Waals surface area contributed by atoms with Crippen LogP contribution in [-0.4, -0.2) is 66.6 Å². The predicted octanol–water partition coefficient (Wildman–Crippen LogP) is 1.96. The Bertz CT molecular complexity index is 774. The summed E-state index contributed by atoms with van der Waals surface area (Å²) in [5.41, 5.74) is 2.30. The van der Waals surface area contributed by atoms with Crippen LogP contribution in [0.25, 0.3) is 0 Å². The van der Waals surface area contributed by atoms with E-state index in [4.69, 9.17) is 9.97 Å². The van der Waals surface area contributed by atoms with E-state index in [0.717, 1.165) is 69.0 Å². The van der Waals surface area contributed by atoms with Crippen LogP contribution >= 0.6 is 0 Å². The molecule has 1 saturated heterocycles. The van der Waals surface area contributed by atoms with Gasteiger partial charge in [-0.25, -0.2) is 22.7 Å². The molecule has 150 valence electrons. The smallest absolute Gasteiger partial charge is 0.217 e. The van der Waals surface area contributed by atoms with Gasteiger partial charge in [-0.1, -0.05) is 19.3 Å². The molecule has 3 aliphatic rings. The topological polar surface area (TPSA) is 78.4 Å². The SMILES string of the molecule is CNc1nc(C2CCN(S(=O)(=O)C3CCCCC3)C2)nc2c1CN(C)CC2. The van der Waals surface area contributed by atoms with Crippen LogP contribution in [0.1, 0.15) is 61.5 Å². The van der Waals surface area contributed by atoms with Gasteiger partial charge in [-0.15, -0.1) is 0 Å². The van der Waals surface area contributed by atoms with Crippen LogP contribution in [0.2, 0.25) is 0 Å². The lowest BCUT2D eigenvalue weighted by atomic mass is 10.0. The van der Waals surface area contributed by atoms with Gasteiger partial charge in [0, 0.05) is 51.1 Å². The number of hydrogen-bond donors (Lipinski definition) is 1. The number of hydrogen-bond acceptors (Lipinski definition) is 6. The molecule has 27 heavy (non-hydrogen) atoms. The van der Waals surface area contributed by atoms with E-state index in [2.05, 4.69) is 17.3 Å². The zero-order chi connectivity index (χ0) is 19.0. The molecule has 1 unspecified atom stereocenters. The van der Waals surface area contributed by atoms with Crippen LogP contribution in [0.4, 0.5) is 5.82 Å². The van der Waals surface area contributed by atoms with Gasteiger partial charge in [-0.05, 0) is 26.3 Å². The van der Waals surface area contributed by atoms with E-state index in [9.17, 15) is 8.42 Å². The molecular weight excluding hydrogens is 362 g/mol. The van der Waals surface area contributed by atoms with Crippen molar-refractivity contribution in [3.63, 3.8) is 0 Å². The van der Waals surface area contributed by atoms with Gasteiger partial charge < -0.3 is 10.2 Å². The van der Waals surface area contributed by atoms with E-state index in [0.29, 0.717) is 13.1 Å². The zero-order valence-corrected chi connectivity index (χ0v) is 17.3. The van der Waals surface area contributed by atoms with E-state index in [1.807, 2.05) is 7.05 Å². The third-order valence-electron chi connectivity index (χ3n) is 6.35. The molecule has 2 fully saturated rings. The number of anilines is 1. The van der Waals surface area contributed by atoms with Crippen molar-refractivity contribution in [2.75, 3.05) is 39.0 Å². The molecule has 8 heteroatoms. The van der Waals surface area contributed by atoms with Gasteiger partial charge in [0.2, 0.25) is 10.0 Å². The molecule has 4 rings (SSSR count). The number of nitrogens with zero attached hydrogens (tertiary/aromatic N) is 4. The van der Waals surface area contributed by atoms with Crippen LogP contribution in [0.5, 0.6) is 0 Å². The molecule has 0 aromatic carbocycles. The van der Waals surface area contributed by atoms with Crippen molar-refractivity contribution in [1.82, 2.24) is 19.2 Å². The van der Waals surface area contributed by atoms with Crippen LogP contribution in [0.3, 0.4) is 0 Å². The highest BCUT2D eigenvalue weighted by Crippen LogP contribution is 2.34. The van der Waals surface area contributed by atoms with Gasteiger partial charge in [0.05, 0.1) is 10.9 Å². The summed E-state index contributed by atoms with van der Waals surface area (Å²) in [7, 11) is 0.823. The Morgan fingerprint density at radius 2 is 1.85 bits per heavy atom. The van der Waals surface area contributed by atoms with Crippen molar-refractivity contribution in [3.05, 3.63) is 17.1 Å². The number of rotatable bonds is 4. The Balaban J connectivity index is 1.53. The van der Waals surface area contributed by atoms with E-state index in [-0.39, 0.29) is 11.2 Å². The lowest BCUT2D eigenvalue weighted by Crippen LogP contribution is -2.38. The summed E-state index contributed by atoms with van der Waals surface area (Å²) >= 11 is 0. The fourth-order valence-electron chi connectivity index (χ4n) is 4.70. The molecule has 1 atom stereocenters. The number of fused-ring (bicyclic) bond motifs is 1. The molecule has 0 spiro atoms. The highest BCUT2D eigenvalue weighted by Gasteiger charge is 2.39. The Labute approximate surface area is 162 Å². The highest BCUT2D eigenvalue weighted by atomic mass is 32.2. The van der Waals surface area contributed by atoms with Gasteiger partial charge in [0.1, 0.15) is 11.6 Å². The standard InChI is InChI=1S/C19H31N5O2S/c1-20-19-16-13-23(2)10-9-17(16)21-18(22-19)14-8-11-24(12-14)27(25,26)15-6-4-3-5-7-15/h14-15H,3-13H2,1-2H3,(H,20,21,22). The minimum absolute atomic E-state index is 0.0976. The summed E-state index contributed by atoms with van der Waals surface area (Å²) < 4.78 is 27.8. The second-order valence-electron chi connectivity index (χ2n) is 8.24. The zero-order valence-electron chi connectivity index (χ0n) is 16.4. The Hall–Kier alpha value is -1.25. The molecule has 3 heterocycles. The summed E-state index contributed by atoms with van der Waals surface area (Å²) in [4.78, 5) is 11.9. The molecule has 0 radical (unpaired) electrons. The molecule has 7 nitrogen and oxygen atoms in total. The molecule has 1 N–H and O–H groups in total. The highest BCUT2D eigenvalue weighted by molar-refractivity contribution is 7.89. The lowest BCUT2D eigenvalue weighted by molar-refractivity contribution is 0.309. The maximum absolute atomic E-state index is 13.0. The molecule has 0 bridgehead atoms. The van der Waals surface area contributed by atoms with E-state index in [1.54, 1.807) is 4.31 Å². The van der Waals surface area contributed by atoms with E-state index >= 15 is 0 Å². The summed E-state index contributed by atoms with van der Waals surface area (Å²) in [6.45, 7) is 2.99. The molecule has 1 saturated carbocycles. The van der Waals surface area contributed by atoms with Gasteiger partial charge in [-0.3, -0.25) is 0 Å². The van der Waals surface area contributed by atoms with Gasteiger partial charge in [0.15, 0.2) is 0 Å². The molecule has 0 amide bonds. The maximum atomic E-state index is 13.0. The van der Waals surface area contributed by atoms with Crippen molar-refractivity contribution in [3.8, 4) is 0 Å². The average molecular weight is 394 g/mol. The number of nitrogens with one attached hydrogen (secondary N) is 1. The number of likely N-dealkylation sites (N-methyl/N-ethyl adjacent to an activating group) is 1. The largest absolute Gasteiger partial charge is 0.373 e. The molecule has 1 aromatic rings. The monoisotopic (exact) mass is 393 g/mol. The van der Waals surface area contributed by atoms with Gasteiger partial charge in [0.25, 0.3) is 0 Å². The second-order valence-corrected chi connectivity index (χ2v) is 10.5. The third-order valence-corrected chi connectivity index (χ3v) is 8.72. The van der Waals surface area contributed by atoms with Crippen LogP contribution in [-0.2, 0) is 23.0 Å². The summed E-state index contributed by atoms with van der Waals surface area (Å²) in [5.74, 6) is 1.81. The Morgan fingerprint density at radius 3 is 2.59 bits per heavy atom. The Morgan fingerprint density at radius 1 is 1.07 bits per heavy atom. The fraction of sp³-hybridized carbons (Fsp3) is 0.789. The van der Waals surface area contributed by atoms with Crippen molar-refractivity contribution in [1.29, 1.82) is 0 Å². The number of aromatic nitrogens is 2. The van der Waals surface area contributed by atoms with Crippen LogP contribution in [0.15, 0.2) is 0 Å². The molecular formula is C19H31N5O2S. The minimum Gasteiger partial charge on any atom is -0.373 e. The van der Waals surface area contributed by atoms with E-state index < -0.39 is 10.0 Å². The summed E-state index contributed by atoms with van der Waals surface area (Å²) in [6, 6.07) is 0. The first-order chi connectivity index (χ1) is 13.0. The van der Waals surface area contributed by atoms with Crippen LogP contribution < -0.4 is 5.32 Å². The van der Waals surface area contributed by atoms with Crippen molar-refractivity contribution in [2.24, 2.45) is 0 Å².